The zero-order valence-electron chi connectivity index (χ0n) is 10.9. The molecule has 21 heavy (non-hydrogen) atoms. The zero-order chi connectivity index (χ0) is 15.0. The fraction of sp³-hybridized carbons (Fsp3) is 0.143. The van der Waals surface area contributed by atoms with Crippen molar-refractivity contribution in [3.05, 3.63) is 50.4 Å². The molecule has 0 radical (unpaired) electrons. The molecule has 0 fully saturated rings. The van der Waals surface area contributed by atoms with Gasteiger partial charge in [0, 0.05) is 9.50 Å². The van der Waals surface area contributed by atoms with Crippen LogP contribution < -0.4 is 5.32 Å². The number of benzene rings is 2. The highest BCUT2D eigenvalue weighted by Crippen LogP contribution is 2.34. The average Bonchev–Trinajstić information content (AvgIpc) is 2.90. The third-order valence-corrected chi connectivity index (χ3v) is 4.85. The topological polar surface area (TPSA) is 37.8 Å². The Labute approximate surface area is 144 Å². The van der Waals surface area contributed by atoms with Crippen molar-refractivity contribution in [2.24, 2.45) is 0 Å². The summed E-state index contributed by atoms with van der Waals surface area (Å²) in [6, 6.07) is 9.51. The lowest BCUT2D eigenvalue weighted by molar-refractivity contribution is 0.886. The highest BCUT2D eigenvalue weighted by Gasteiger charge is 2.15. The molecule has 0 bridgehead atoms. The first-order valence-corrected chi connectivity index (χ1v) is 8.46. The Hall–Kier alpha value is -0.880. The molecule has 0 aliphatic carbocycles. The number of aromatic nitrogens is 2. The minimum Gasteiger partial charge on any atom is -0.375 e. The molecular formula is C14H10BrCl2N3S. The molecule has 0 saturated carbocycles. The first kappa shape index (κ1) is 15.0. The zero-order valence-corrected chi connectivity index (χ0v) is 14.8. The van der Waals surface area contributed by atoms with Crippen molar-refractivity contribution in [2.75, 3.05) is 5.32 Å². The Morgan fingerprint density at radius 2 is 1.95 bits per heavy atom. The monoisotopic (exact) mass is 401 g/mol. The van der Waals surface area contributed by atoms with Crippen LogP contribution in [0.2, 0.25) is 10.0 Å². The summed E-state index contributed by atoms with van der Waals surface area (Å²) in [5.41, 5.74) is 3.40. The molecule has 0 spiro atoms. The summed E-state index contributed by atoms with van der Waals surface area (Å²) < 4.78 is 9.49. The number of anilines is 1. The fourth-order valence-electron chi connectivity index (χ4n) is 2.11. The molecule has 108 valence electrons. The Bertz CT molecular complexity index is 806. The summed E-state index contributed by atoms with van der Waals surface area (Å²) in [4.78, 5) is 0. The van der Waals surface area contributed by atoms with E-state index < -0.39 is 0 Å². The van der Waals surface area contributed by atoms with Crippen LogP contribution in [0, 0.1) is 0 Å². The van der Waals surface area contributed by atoms with Crippen molar-refractivity contribution in [2.45, 2.75) is 13.0 Å². The number of halogens is 3. The SMILES string of the molecule is CC(Nc1c(Cl)ccc2nsnc12)c1ccc(Br)cc1Cl. The fourth-order valence-corrected chi connectivity index (χ4v) is 3.70. The van der Waals surface area contributed by atoms with Gasteiger partial charge in [-0.2, -0.15) is 8.75 Å². The van der Waals surface area contributed by atoms with E-state index in [1.165, 1.54) is 11.7 Å². The quantitative estimate of drug-likeness (QED) is 0.589. The van der Waals surface area contributed by atoms with Gasteiger partial charge in [0.25, 0.3) is 0 Å². The lowest BCUT2D eigenvalue weighted by Gasteiger charge is -2.18. The van der Waals surface area contributed by atoms with Crippen LogP contribution in [0.25, 0.3) is 11.0 Å². The Morgan fingerprint density at radius 1 is 1.14 bits per heavy atom. The van der Waals surface area contributed by atoms with E-state index in [0.717, 1.165) is 26.8 Å². The number of nitrogens with zero attached hydrogens (tertiary/aromatic N) is 2. The van der Waals surface area contributed by atoms with Gasteiger partial charge in [-0.3, -0.25) is 0 Å². The second-order valence-electron chi connectivity index (χ2n) is 4.59. The molecule has 1 aromatic heterocycles. The van der Waals surface area contributed by atoms with Gasteiger partial charge in [-0.1, -0.05) is 45.2 Å². The molecule has 2 aromatic carbocycles. The van der Waals surface area contributed by atoms with Gasteiger partial charge in [-0.25, -0.2) is 0 Å². The summed E-state index contributed by atoms with van der Waals surface area (Å²) in [6.07, 6.45) is 0. The maximum Gasteiger partial charge on any atom is 0.129 e. The second kappa shape index (κ2) is 6.08. The molecule has 3 nitrogen and oxygen atoms in total. The van der Waals surface area contributed by atoms with Crippen molar-refractivity contribution in [3.8, 4) is 0 Å². The highest BCUT2D eigenvalue weighted by atomic mass is 79.9. The van der Waals surface area contributed by atoms with Crippen molar-refractivity contribution >= 4 is 67.6 Å². The Morgan fingerprint density at radius 3 is 2.71 bits per heavy atom. The van der Waals surface area contributed by atoms with E-state index in [0.29, 0.717) is 10.0 Å². The summed E-state index contributed by atoms with van der Waals surface area (Å²) in [6.45, 7) is 2.03. The van der Waals surface area contributed by atoms with E-state index >= 15 is 0 Å². The van der Waals surface area contributed by atoms with Crippen LogP contribution >= 0.6 is 50.9 Å². The van der Waals surface area contributed by atoms with E-state index in [4.69, 9.17) is 23.2 Å². The van der Waals surface area contributed by atoms with Crippen molar-refractivity contribution in [1.82, 2.24) is 8.75 Å². The minimum absolute atomic E-state index is 0.00426. The van der Waals surface area contributed by atoms with Gasteiger partial charge in [0.15, 0.2) is 0 Å². The van der Waals surface area contributed by atoms with E-state index in [-0.39, 0.29) is 6.04 Å². The number of fused-ring (bicyclic) bond motifs is 1. The molecule has 1 unspecified atom stereocenters. The lowest BCUT2D eigenvalue weighted by Crippen LogP contribution is -2.08. The van der Waals surface area contributed by atoms with Crippen molar-refractivity contribution in [3.63, 3.8) is 0 Å². The summed E-state index contributed by atoms with van der Waals surface area (Å²) in [7, 11) is 0. The summed E-state index contributed by atoms with van der Waals surface area (Å²) in [5.74, 6) is 0. The van der Waals surface area contributed by atoms with Gasteiger partial charge in [0.1, 0.15) is 11.0 Å². The molecule has 3 aromatic rings. The van der Waals surface area contributed by atoms with E-state index in [1.807, 2.05) is 37.3 Å². The molecule has 0 aliphatic heterocycles. The predicted molar refractivity (Wildman–Crippen MR) is 93.6 cm³/mol. The number of rotatable bonds is 3. The summed E-state index contributed by atoms with van der Waals surface area (Å²) >= 11 is 17.2. The smallest absolute Gasteiger partial charge is 0.129 e. The summed E-state index contributed by atoms with van der Waals surface area (Å²) in [5, 5.41) is 4.71. The van der Waals surface area contributed by atoms with Gasteiger partial charge < -0.3 is 5.32 Å². The van der Waals surface area contributed by atoms with Crippen LogP contribution in [-0.2, 0) is 0 Å². The molecule has 1 atom stereocenters. The minimum atomic E-state index is -0.00426. The third kappa shape index (κ3) is 3.01. The third-order valence-electron chi connectivity index (χ3n) is 3.17. The Balaban J connectivity index is 1.98. The maximum atomic E-state index is 6.30. The molecule has 0 amide bonds. The molecule has 1 N–H and O–H groups in total. The first-order chi connectivity index (χ1) is 10.1. The van der Waals surface area contributed by atoms with E-state index in [9.17, 15) is 0 Å². The molecule has 0 saturated heterocycles. The van der Waals surface area contributed by atoms with Crippen LogP contribution in [0.3, 0.4) is 0 Å². The predicted octanol–water partition coefficient (Wildman–Crippen LogP) is 5.93. The van der Waals surface area contributed by atoms with Crippen LogP contribution in [0.5, 0.6) is 0 Å². The molecular weight excluding hydrogens is 393 g/mol. The van der Waals surface area contributed by atoms with Crippen molar-refractivity contribution in [1.29, 1.82) is 0 Å². The maximum absolute atomic E-state index is 6.30. The standard InChI is InChI=1S/C14H10BrCl2N3S/c1-7(9-3-2-8(15)6-11(9)17)18-13-10(16)4-5-12-14(13)20-21-19-12/h2-7,18H,1H3. The molecule has 7 heteroatoms. The van der Waals surface area contributed by atoms with Crippen molar-refractivity contribution < 1.29 is 0 Å². The van der Waals surface area contributed by atoms with E-state index in [2.05, 4.69) is 30.0 Å². The van der Waals surface area contributed by atoms with Gasteiger partial charge in [0.05, 0.1) is 28.5 Å². The highest BCUT2D eigenvalue weighted by molar-refractivity contribution is 9.10. The van der Waals surface area contributed by atoms with Crippen LogP contribution in [0.15, 0.2) is 34.8 Å². The second-order valence-corrected chi connectivity index (χ2v) is 6.84. The van der Waals surface area contributed by atoms with Gasteiger partial charge >= 0.3 is 0 Å². The molecule has 1 heterocycles. The van der Waals surface area contributed by atoms with Crippen LogP contribution in [0.1, 0.15) is 18.5 Å². The van der Waals surface area contributed by atoms with Gasteiger partial charge in [0.2, 0.25) is 0 Å². The normalized spacial score (nSPS) is 12.6. The Kier molecular flexibility index (Phi) is 4.36. The van der Waals surface area contributed by atoms with Crippen LogP contribution in [-0.4, -0.2) is 8.75 Å². The molecule has 0 aliphatic rings. The van der Waals surface area contributed by atoms with Crippen LogP contribution in [0.4, 0.5) is 5.69 Å². The number of hydrogen-bond donors (Lipinski definition) is 1. The lowest BCUT2D eigenvalue weighted by atomic mass is 10.1. The number of hydrogen-bond acceptors (Lipinski definition) is 4. The first-order valence-electron chi connectivity index (χ1n) is 6.18. The largest absolute Gasteiger partial charge is 0.375 e. The number of nitrogens with one attached hydrogen (secondary N) is 1. The van der Waals surface area contributed by atoms with E-state index in [1.54, 1.807) is 0 Å². The molecule has 3 rings (SSSR count). The van der Waals surface area contributed by atoms with Gasteiger partial charge in [-0.05, 0) is 36.8 Å². The van der Waals surface area contributed by atoms with Gasteiger partial charge in [-0.15, -0.1) is 0 Å². The average molecular weight is 403 g/mol.